The molecule has 6 nitrogen and oxygen atoms in total. The lowest BCUT2D eigenvalue weighted by atomic mass is 9.75. The first-order chi connectivity index (χ1) is 12.2. The number of nitrogens with zero attached hydrogens (tertiary/aromatic N) is 3. The zero-order valence-electron chi connectivity index (χ0n) is 16.1. The van der Waals surface area contributed by atoms with Crippen molar-refractivity contribution in [2.45, 2.75) is 45.3 Å². The predicted molar refractivity (Wildman–Crippen MR) is 100 cm³/mol. The first-order valence-corrected chi connectivity index (χ1v) is 9.26. The van der Waals surface area contributed by atoms with Crippen molar-refractivity contribution in [3.05, 3.63) is 35.9 Å². The summed E-state index contributed by atoms with van der Waals surface area (Å²) in [5.41, 5.74) is 0.609. The van der Waals surface area contributed by atoms with E-state index in [1.165, 1.54) is 0 Å². The molecule has 0 aromatic heterocycles. The minimum absolute atomic E-state index is 0.0242. The number of amides is 2. The first kappa shape index (κ1) is 18.7. The van der Waals surface area contributed by atoms with Gasteiger partial charge in [-0.25, -0.2) is 4.79 Å². The molecule has 142 valence electrons. The highest BCUT2D eigenvalue weighted by atomic mass is 16.4. The van der Waals surface area contributed by atoms with Crippen LogP contribution < -0.4 is 0 Å². The van der Waals surface area contributed by atoms with Gasteiger partial charge in [0, 0.05) is 37.3 Å². The Morgan fingerprint density at radius 3 is 2.38 bits per heavy atom. The molecule has 2 fully saturated rings. The lowest BCUT2D eigenvalue weighted by molar-refractivity contribution is -0.0664. The second-order valence-corrected chi connectivity index (χ2v) is 8.54. The van der Waals surface area contributed by atoms with Gasteiger partial charge in [0.1, 0.15) is 0 Å². The second kappa shape index (κ2) is 6.91. The first-order valence-electron chi connectivity index (χ1n) is 9.26. The number of benzene rings is 1. The summed E-state index contributed by atoms with van der Waals surface area (Å²) in [5, 5.41) is 9.43. The molecule has 1 aromatic rings. The van der Waals surface area contributed by atoms with Crippen molar-refractivity contribution >= 4 is 12.0 Å². The molecule has 0 spiro atoms. The van der Waals surface area contributed by atoms with Crippen LogP contribution in [0.2, 0.25) is 0 Å². The van der Waals surface area contributed by atoms with Crippen molar-refractivity contribution in [3.63, 3.8) is 0 Å². The van der Waals surface area contributed by atoms with Crippen LogP contribution in [0.4, 0.5) is 4.79 Å². The van der Waals surface area contributed by atoms with E-state index < -0.39 is 6.09 Å². The smallest absolute Gasteiger partial charge is 0.407 e. The van der Waals surface area contributed by atoms with E-state index >= 15 is 0 Å². The molecule has 0 saturated carbocycles. The maximum absolute atomic E-state index is 12.7. The Kier molecular flexibility index (Phi) is 4.97. The fourth-order valence-electron chi connectivity index (χ4n) is 4.37. The van der Waals surface area contributed by atoms with E-state index in [-0.39, 0.29) is 29.4 Å². The van der Waals surface area contributed by atoms with Crippen LogP contribution in [-0.2, 0) is 0 Å². The summed E-state index contributed by atoms with van der Waals surface area (Å²) >= 11 is 0. The van der Waals surface area contributed by atoms with E-state index in [0.29, 0.717) is 13.1 Å². The van der Waals surface area contributed by atoms with Gasteiger partial charge in [-0.05, 0) is 31.0 Å². The molecule has 1 N–H and O–H groups in total. The highest BCUT2D eigenvalue weighted by molar-refractivity contribution is 5.94. The van der Waals surface area contributed by atoms with Gasteiger partial charge in [0.25, 0.3) is 5.91 Å². The van der Waals surface area contributed by atoms with Crippen LogP contribution in [-0.4, -0.2) is 76.6 Å². The van der Waals surface area contributed by atoms with Crippen LogP contribution in [0.5, 0.6) is 0 Å². The Bertz CT molecular complexity index is 671. The Morgan fingerprint density at radius 1 is 1.15 bits per heavy atom. The topological polar surface area (TPSA) is 64.1 Å². The maximum atomic E-state index is 12.7. The van der Waals surface area contributed by atoms with Crippen molar-refractivity contribution in [2.75, 3.05) is 26.7 Å². The van der Waals surface area contributed by atoms with Crippen LogP contribution in [0.15, 0.2) is 30.3 Å². The van der Waals surface area contributed by atoms with Crippen LogP contribution in [0, 0.1) is 5.41 Å². The number of hydrogen-bond acceptors (Lipinski definition) is 3. The monoisotopic (exact) mass is 359 g/mol. The van der Waals surface area contributed by atoms with Crippen molar-refractivity contribution < 1.29 is 14.7 Å². The maximum Gasteiger partial charge on any atom is 0.407 e. The molecule has 1 aromatic carbocycles. The summed E-state index contributed by atoms with van der Waals surface area (Å²) in [6.07, 6.45) is 0.0806. The van der Waals surface area contributed by atoms with Gasteiger partial charge < -0.3 is 14.9 Å². The number of likely N-dealkylation sites (N-methyl/N-ethyl adjacent to an activating group) is 1. The lowest BCUT2D eigenvalue weighted by Crippen LogP contribution is -2.72. The van der Waals surface area contributed by atoms with Gasteiger partial charge >= 0.3 is 6.09 Å². The number of rotatable bonds is 3. The average molecular weight is 359 g/mol. The molecule has 3 rings (SSSR count). The summed E-state index contributed by atoms with van der Waals surface area (Å²) in [4.78, 5) is 29.9. The fourth-order valence-corrected chi connectivity index (χ4v) is 4.37. The normalized spacial score (nSPS) is 26.1. The zero-order chi connectivity index (χ0) is 19.1. The van der Waals surface area contributed by atoms with E-state index in [9.17, 15) is 14.7 Å². The van der Waals surface area contributed by atoms with Crippen molar-refractivity contribution in [3.8, 4) is 0 Å². The van der Waals surface area contributed by atoms with E-state index in [1.54, 1.807) is 4.90 Å². The summed E-state index contributed by atoms with van der Waals surface area (Å²) in [6.45, 7) is 8.26. The molecule has 2 heterocycles. The van der Waals surface area contributed by atoms with Crippen molar-refractivity contribution in [1.82, 2.24) is 14.7 Å². The molecule has 0 aliphatic carbocycles. The third-order valence-corrected chi connectivity index (χ3v) is 5.79. The molecule has 6 heteroatoms. The largest absolute Gasteiger partial charge is 0.465 e. The number of hydrogen-bond donors (Lipinski definition) is 1. The minimum atomic E-state index is -0.845. The minimum Gasteiger partial charge on any atom is -0.465 e. The van der Waals surface area contributed by atoms with Gasteiger partial charge in [0.2, 0.25) is 0 Å². The van der Waals surface area contributed by atoms with E-state index in [4.69, 9.17) is 0 Å². The van der Waals surface area contributed by atoms with Gasteiger partial charge in [0.15, 0.2) is 0 Å². The number of carbonyl (C=O) groups is 2. The van der Waals surface area contributed by atoms with Gasteiger partial charge in [0.05, 0.1) is 6.04 Å². The quantitative estimate of drug-likeness (QED) is 0.901. The average Bonchev–Trinajstić information content (AvgIpc) is 3.02. The molecule has 3 atom stereocenters. The molecular formula is C20H29N3O3. The summed E-state index contributed by atoms with van der Waals surface area (Å²) in [5.74, 6) is 0.0784. The molecule has 2 aliphatic heterocycles. The van der Waals surface area contributed by atoms with Gasteiger partial charge in [-0.3, -0.25) is 9.69 Å². The highest BCUT2D eigenvalue weighted by Gasteiger charge is 2.51. The lowest BCUT2D eigenvalue weighted by Gasteiger charge is -2.56. The number of carbonyl (C=O) groups excluding carboxylic acids is 1. The van der Waals surface area contributed by atoms with Crippen LogP contribution in [0.1, 0.15) is 37.6 Å². The summed E-state index contributed by atoms with van der Waals surface area (Å²) in [6, 6.07) is 9.83. The third-order valence-electron chi connectivity index (χ3n) is 5.79. The SMILES string of the molecule is CN(C1CCN(C(=O)c2ccccc2)C1)C1CN(C(=O)O)[C@H]1C(C)(C)C. The van der Waals surface area contributed by atoms with E-state index in [1.807, 2.05) is 35.2 Å². The van der Waals surface area contributed by atoms with E-state index in [0.717, 1.165) is 18.5 Å². The highest BCUT2D eigenvalue weighted by Crippen LogP contribution is 2.37. The standard InChI is InChI=1S/C20H29N3O3/c1-20(2,3)17-16(13-23(17)19(25)26)21(4)15-10-11-22(12-15)18(24)14-8-6-5-7-9-14/h5-9,15-17H,10-13H2,1-4H3,(H,25,26)/t15?,16?,17-/m1/s1. The Labute approximate surface area is 155 Å². The second-order valence-electron chi connectivity index (χ2n) is 8.54. The summed E-state index contributed by atoms with van der Waals surface area (Å²) in [7, 11) is 2.07. The van der Waals surface area contributed by atoms with Crippen molar-refractivity contribution in [2.24, 2.45) is 5.41 Å². The molecule has 26 heavy (non-hydrogen) atoms. The molecule has 0 radical (unpaired) electrons. The number of carboxylic acid groups (broad SMARTS) is 1. The molecule has 2 aliphatic rings. The zero-order valence-corrected chi connectivity index (χ0v) is 16.1. The Morgan fingerprint density at radius 2 is 1.81 bits per heavy atom. The van der Waals surface area contributed by atoms with Gasteiger partial charge in [-0.15, -0.1) is 0 Å². The Balaban J connectivity index is 1.65. The van der Waals surface area contributed by atoms with Gasteiger partial charge in [-0.1, -0.05) is 39.0 Å². The Hall–Kier alpha value is -2.08. The molecule has 2 saturated heterocycles. The third kappa shape index (κ3) is 3.43. The summed E-state index contributed by atoms with van der Waals surface area (Å²) < 4.78 is 0. The predicted octanol–water partition coefficient (Wildman–Crippen LogP) is 2.61. The molecule has 2 amide bonds. The van der Waals surface area contributed by atoms with Gasteiger partial charge in [-0.2, -0.15) is 0 Å². The van der Waals surface area contributed by atoms with Crippen LogP contribution >= 0.6 is 0 Å². The number of likely N-dealkylation sites (tertiary alicyclic amines) is 2. The van der Waals surface area contributed by atoms with E-state index in [2.05, 4.69) is 32.7 Å². The molecule has 0 bridgehead atoms. The fraction of sp³-hybridized carbons (Fsp3) is 0.600. The van der Waals surface area contributed by atoms with Crippen molar-refractivity contribution in [1.29, 1.82) is 0 Å². The van der Waals surface area contributed by atoms with Crippen LogP contribution in [0.3, 0.4) is 0 Å². The molecular weight excluding hydrogens is 330 g/mol. The molecule has 2 unspecified atom stereocenters. The van der Waals surface area contributed by atoms with Crippen LogP contribution in [0.25, 0.3) is 0 Å².